The van der Waals surface area contributed by atoms with Crippen LogP contribution in [0.25, 0.3) is 0 Å². The minimum Gasteiger partial charge on any atom is -0.373 e. The standard InChI is InChI=1S/C18H29N3O5S2/c1-14-12-21(13-15(2)26-14)11-3-10-19-27(22,23)17-6-8-18(9-7-17)28(24,25)20-16-4-5-16/h6-9,14-16,19-20H,3-5,10-13H2,1-2H3. The summed E-state index contributed by atoms with van der Waals surface area (Å²) < 4.78 is 60.0. The molecule has 2 N–H and O–H groups in total. The smallest absolute Gasteiger partial charge is 0.240 e. The van der Waals surface area contributed by atoms with E-state index in [4.69, 9.17) is 4.74 Å². The normalized spacial score (nSPS) is 24.4. The highest BCUT2D eigenvalue weighted by Gasteiger charge is 2.28. The number of benzene rings is 1. The first kappa shape index (κ1) is 21.7. The molecular weight excluding hydrogens is 402 g/mol. The van der Waals surface area contributed by atoms with Crippen LogP contribution in [0.2, 0.25) is 0 Å². The molecular formula is C18H29N3O5S2. The number of ether oxygens (including phenoxy) is 1. The van der Waals surface area contributed by atoms with Crippen molar-refractivity contribution < 1.29 is 21.6 Å². The Kier molecular flexibility index (Phi) is 6.78. The quantitative estimate of drug-likeness (QED) is 0.563. The summed E-state index contributed by atoms with van der Waals surface area (Å²) in [6.45, 7) is 6.89. The van der Waals surface area contributed by atoms with E-state index in [2.05, 4.69) is 14.3 Å². The average molecular weight is 432 g/mol. The maximum Gasteiger partial charge on any atom is 0.240 e. The van der Waals surface area contributed by atoms with Crippen molar-refractivity contribution in [1.82, 2.24) is 14.3 Å². The number of nitrogens with zero attached hydrogens (tertiary/aromatic N) is 1. The molecule has 0 bridgehead atoms. The molecule has 2 aliphatic rings. The van der Waals surface area contributed by atoms with E-state index in [1.807, 2.05) is 13.8 Å². The van der Waals surface area contributed by atoms with E-state index in [0.717, 1.165) is 32.5 Å². The van der Waals surface area contributed by atoms with Crippen LogP contribution in [0.4, 0.5) is 0 Å². The maximum absolute atomic E-state index is 12.4. The molecule has 28 heavy (non-hydrogen) atoms. The Hall–Kier alpha value is -1.04. The van der Waals surface area contributed by atoms with Gasteiger partial charge in [0.2, 0.25) is 20.0 Å². The van der Waals surface area contributed by atoms with Gasteiger partial charge in [0.1, 0.15) is 0 Å². The van der Waals surface area contributed by atoms with Gasteiger partial charge < -0.3 is 4.74 Å². The molecule has 1 aliphatic carbocycles. The van der Waals surface area contributed by atoms with Crippen LogP contribution in [0.15, 0.2) is 34.1 Å². The lowest BCUT2D eigenvalue weighted by Gasteiger charge is -2.35. The highest BCUT2D eigenvalue weighted by atomic mass is 32.2. The predicted molar refractivity (Wildman–Crippen MR) is 106 cm³/mol. The van der Waals surface area contributed by atoms with E-state index >= 15 is 0 Å². The van der Waals surface area contributed by atoms with Gasteiger partial charge in [-0.25, -0.2) is 26.3 Å². The minimum absolute atomic E-state index is 0.00696. The molecule has 2 atom stereocenters. The fourth-order valence-electron chi connectivity index (χ4n) is 3.35. The van der Waals surface area contributed by atoms with Gasteiger partial charge in [0.05, 0.1) is 22.0 Å². The summed E-state index contributed by atoms with van der Waals surface area (Å²) in [5.74, 6) is 0. The van der Waals surface area contributed by atoms with Crippen LogP contribution < -0.4 is 9.44 Å². The molecule has 1 heterocycles. The number of nitrogens with one attached hydrogen (secondary N) is 2. The number of sulfonamides is 2. The zero-order valence-electron chi connectivity index (χ0n) is 16.3. The zero-order valence-corrected chi connectivity index (χ0v) is 17.9. The lowest BCUT2D eigenvalue weighted by atomic mass is 10.2. The Morgan fingerprint density at radius 2 is 1.50 bits per heavy atom. The van der Waals surface area contributed by atoms with Crippen molar-refractivity contribution in [1.29, 1.82) is 0 Å². The van der Waals surface area contributed by atoms with Crippen molar-refractivity contribution >= 4 is 20.0 Å². The summed E-state index contributed by atoms with van der Waals surface area (Å²) in [4.78, 5) is 2.42. The summed E-state index contributed by atoms with van der Waals surface area (Å²) in [5.41, 5.74) is 0. The van der Waals surface area contributed by atoms with E-state index in [1.54, 1.807) is 0 Å². The predicted octanol–water partition coefficient (Wildman–Crippen LogP) is 0.905. The van der Waals surface area contributed by atoms with Crippen LogP contribution in [0, 0.1) is 0 Å². The zero-order chi connectivity index (χ0) is 20.4. The molecule has 1 saturated heterocycles. The first-order valence-electron chi connectivity index (χ1n) is 9.65. The summed E-state index contributed by atoms with van der Waals surface area (Å²) in [7, 11) is -7.25. The van der Waals surface area contributed by atoms with Gasteiger partial charge >= 0.3 is 0 Å². The van der Waals surface area contributed by atoms with Gasteiger partial charge in [-0.3, -0.25) is 4.90 Å². The first-order valence-corrected chi connectivity index (χ1v) is 12.6. The molecule has 2 fully saturated rings. The SMILES string of the molecule is CC1CN(CCCNS(=O)(=O)c2ccc(S(=O)(=O)NC3CC3)cc2)CC(C)O1. The van der Waals surface area contributed by atoms with Crippen molar-refractivity contribution in [2.24, 2.45) is 0 Å². The molecule has 0 spiro atoms. The molecule has 8 nitrogen and oxygen atoms in total. The largest absolute Gasteiger partial charge is 0.373 e. The van der Waals surface area contributed by atoms with E-state index in [0.29, 0.717) is 13.0 Å². The molecule has 0 amide bonds. The van der Waals surface area contributed by atoms with Crippen molar-refractivity contribution in [3.8, 4) is 0 Å². The van der Waals surface area contributed by atoms with Gasteiger partial charge in [-0.05, 0) is 63.9 Å². The van der Waals surface area contributed by atoms with E-state index in [1.165, 1.54) is 24.3 Å². The van der Waals surface area contributed by atoms with Gasteiger partial charge in [-0.1, -0.05) is 0 Å². The summed E-state index contributed by atoms with van der Waals surface area (Å²) in [6, 6.07) is 5.32. The van der Waals surface area contributed by atoms with Crippen molar-refractivity contribution in [3.05, 3.63) is 24.3 Å². The topological polar surface area (TPSA) is 105 Å². The average Bonchev–Trinajstić information content (AvgIpc) is 3.41. The van der Waals surface area contributed by atoms with Crippen LogP contribution in [-0.4, -0.2) is 66.2 Å². The molecule has 2 unspecified atom stereocenters. The molecule has 10 heteroatoms. The van der Waals surface area contributed by atoms with Gasteiger partial charge in [0.15, 0.2) is 0 Å². The lowest BCUT2D eigenvalue weighted by Crippen LogP contribution is -2.46. The van der Waals surface area contributed by atoms with Crippen molar-refractivity contribution in [2.75, 3.05) is 26.2 Å². The third-order valence-electron chi connectivity index (χ3n) is 4.78. The fraction of sp³-hybridized carbons (Fsp3) is 0.667. The van der Waals surface area contributed by atoms with Crippen molar-refractivity contribution in [3.63, 3.8) is 0 Å². The molecule has 1 aromatic carbocycles. The van der Waals surface area contributed by atoms with Crippen LogP contribution in [-0.2, 0) is 24.8 Å². The Morgan fingerprint density at radius 3 is 2.04 bits per heavy atom. The van der Waals surface area contributed by atoms with Gasteiger partial charge in [0, 0.05) is 25.7 Å². The summed E-state index contributed by atoms with van der Waals surface area (Å²) >= 11 is 0. The van der Waals surface area contributed by atoms with E-state index in [-0.39, 0.29) is 28.0 Å². The molecule has 0 radical (unpaired) electrons. The van der Waals surface area contributed by atoms with E-state index in [9.17, 15) is 16.8 Å². The fourth-order valence-corrected chi connectivity index (χ4v) is 5.73. The number of hydrogen-bond acceptors (Lipinski definition) is 6. The maximum atomic E-state index is 12.4. The third kappa shape index (κ3) is 5.98. The molecule has 3 rings (SSSR count). The first-order chi connectivity index (χ1) is 13.2. The van der Waals surface area contributed by atoms with Crippen LogP contribution >= 0.6 is 0 Å². The third-order valence-corrected chi connectivity index (χ3v) is 7.80. The number of morpholine rings is 1. The van der Waals surface area contributed by atoms with Crippen LogP contribution in [0.3, 0.4) is 0 Å². The Labute approximate surface area is 167 Å². The molecule has 158 valence electrons. The van der Waals surface area contributed by atoms with Crippen LogP contribution in [0.1, 0.15) is 33.1 Å². The molecule has 1 aliphatic heterocycles. The monoisotopic (exact) mass is 431 g/mol. The van der Waals surface area contributed by atoms with Crippen molar-refractivity contribution in [2.45, 2.75) is 61.2 Å². The second kappa shape index (κ2) is 8.76. The second-order valence-electron chi connectivity index (χ2n) is 7.64. The Balaban J connectivity index is 1.50. The van der Waals surface area contributed by atoms with Crippen LogP contribution in [0.5, 0.6) is 0 Å². The van der Waals surface area contributed by atoms with Gasteiger partial charge in [0.25, 0.3) is 0 Å². The number of rotatable bonds is 9. The molecule has 1 aromatic rings. The van der Waals surface area contributed by atoms with E-state index < -0.39 is 20.0 Å². The molecule has 0 aromatic heterocycles. The highest BCUT2D eigenvalue weighted by molar-refractivity contribution is 7.90. The number of hydrogen-bond donors (Lipinski definition) is 2. The Morgan fingerprint density at radius 1 is 0.964 bits per heavy atom. The Bertz CT molecular complexity index is 857. The van der Waals surface area contributed by atoms with Gasteiger partial charge in [-0.15, -0.1) is 0 Å². The summed E-state index contributed by atoms with van der Waals surface area (Å²) in [5, 5.41) is 0. The van der Waals surface area contributed by atoms with Gasteiger partial charge in [-0.2, -0.15) is 0 Å². The second-order valence-corrected chi connectivity index (χ2v) is 11.1. The minimum atomic E-state index is -3.67. The lowest BCUT2D eigenvalue weighted by molar-refractivity contribution is -0.0679. The molecule has 1 saturated carbocycles. The highest BCUT2D eigenvalue weighted by Crippen LogP contribution is 2.22. The summed E-state index contributed by atoms with van der Waals surface area (Å²) in [6.07, 6.45) is 2.75.